The Balaban J connectivity index is 1.53. The minimum atomic E-state index is -1.38. The van der Waals surface area contributed by atoms with Gasteiger partial charge >= 0.3 is 6.03 Å². The van der Waals surface area contributed by atoms with Crippen LogP contribution in [0.4, 0.5) is 4.79 Å². The van der Waals surface area contributed by atoms with Crippen molar-refractivity contribution in [1.82, 2.24) is 25.0 Å². The summed E-state index contributed by atoms with van der Waals surface area (Å²) in [4.78, 5) is 25.2. The molecule has 0 bridgehead atoms. The Kier molecular flexibility index (Phi) is 5.04. The number of nitrogens with one attached hydrogen (secondary N) is 2. The lowest BCUT2D eigenvalue weighted by atomic mass is 9.88. The Labute approximate surface area is 195 Å². The third-order valence-electron chi connectivity index (χ3n) is 6.26. The normalized spacial score (nSPS) is 17.9. The predicted octanol–water partition coefficient (Wildman–Crippen LogP) is 3.53. The van der Waals surface area contributed by atoms with Crippen LogP contribution in [0.3, 0.4) is 0 Å². The second kappa shape index (κ2) is 7.95. The summed E-state index contributed by atoms with van der Waals surface area (Å²) in [6.45, 7) is 4.13. The molecule has 9 heteroatoms. The molecular weight excluding hydrogens is 434 g/mol. The molecule has 3 heterocycles. The number of hydrogen-bond acceptors (Lipinski definition) is 5. The molecule has 3 amide bonds. The van der Waals surface area contributed by atoms with E-state index in [1.165, 1.54) is 0 Å². The van der Waals surface area contributed by atoms with Crippen LogP contribution in [0.2, 0.25) is 0 Å². The van der Waals surface area contributed by atoms with E-state index in [-0.39, 0.29) is 18.5 Å². The molecule has 0 unspecified atom stereocenters. The molecule has 174 valence electrons. The van der Waals surface area contributed by atoms with Crippen LogP contribution >= 0.6 is 0 Å². The van der Waals surface area contributed by atoms with E-state index in [2.05, 4.69) is 29.6 Å². The first-order valence-corrected chi connectivity index (χ1v) is 11.0. The number of carbonyl (C=O) groups is 2. The van der Waals surface area contributed by atoms with E-state index < -0.39 is 17.5 Å². The third kappa shape index (κ3) is 3.45. The number of aromatic nitrogens is 3. The van der Waals surface area contributed by atoms with E-state index in [1.54, 1.807) is 36.2 Å². The number of fused-ring (bicyclic) bond motifs is 1. The average Bonchev–Trinajstić information content (AvgIpc) is 3.51. The molecule has 1 atom stereocenters. The van der Waals surface area contributed by atoms with Gasteiger partial charge in [0.25, 0.3) is 5.91 Å². The number of nitrogens with zero attached hydrogens (tertiary/aromatic N) is 3. The zero-order valence-corrected chi connectivity index (χ0v) is 19.1. The van der Waals surface area contributed by atoms with Crippen LogP contribution in [0.25, 0.3) is 21.9 Å². The SMILES string of the molecule is COc1ccc2cn(C[C@@]3(c4ccc(-c5cnn(C(C)C)c5)cc4)NC(=O)NC3=O)c(O)c2c1. The zero-order valence-electron chi connectivity index (χ0n) is 19.1. The molecule has 34 heavy (non-hydrogen) atoms. The van der Waals surface area contributed by atoms with Gasteiger partial charge in [0.2, 0.25) is 0 Å². The summed E-state index contributed by atoms with van der Waals surface area (Å²) in [5.74, 6) is 0.117. The van der Waals surface area contributed by atoms with Crippen molar-refractivity contribution in [2.45, 2.75) is 32.0 Å². The fourth-order valence-corrected chi connectivity index (χ4v) is 4.34. The van der Waals surface area contributed by atoms with Gasteiger partial charge in [-0.3, -0.25) is 14.8 Å². The van der Waals surface area contributed by atoms with Crippen LogP contribution in [-0.4, -0.2) is 38.5 Å². The topological polar surface area (TPSA) is 110 Å². The number of ether oxygens (including phenoxy) is 1. The Bertz CT molecular complexity index is 1400. The highest BCUT2D eigenvalue weighted by Crippen LogP contribution is 2.35. The maximum Gasteiger partial charge on any atom is 0.322 e. The second-order valence-corrected chi connectivity index (χ2v) is 8.73. The smallest absolute Gasteiger partial charge is 0.322 e. The quantitative estimate of drug-likeness (QED) is 0.382. The number of imide groups is 1. The lowest BCUT2D eigenvalue weighted by Gasteiger charge is -2.27. The number of amides is 3. The van der Waals surface area contributed by atoms with Gasteiger partial charge in [-0.15, -0.1) is 0 Å². The van der Waals surface area contributed by atoms with Crippen molar-refractivity contribution < 1.29 is 19.4 Å². The van der Waals surface area contributed by atoms with Crippen LogP contribution in [0, 0.1) is 0 Å². The van der Waals surface area contributed by atoms with Gasteiger partial charge in [0, 0.05) is 34.8 Å². The molecule has 0 radical (unpaired) electrons. The highest BCUT2D eigenvalue weighted by Gasteiger charge is 2.48. The van der Waals surface area contributed by atoms with Crippen LogP contribution in [0.1, 0.15) is 25.5 Å². The monoisotopic (exact) mass is 459 g/mol. The van der Waals surface area contributed by atoms with E-state index in [9.17, 15) is 14.7 Å². The van der Waals surface area contributed by atoms with Gasteiger partial charge in [-0.05, 0) is 43.2 Å². The van der Waals surface area contributed by atoms with E-state index in [0.717, 1.165) is 16.5 Å². The standard InChI is InChI=1S/C25H25N5O4/c1-15(2)30-13-18(11-26-30)16-4-7-19(8-5-16)25(23(32)27-24(33)28-25)14-29-12-17-6-9-20(34-3)10-21(17)22(29)31/h4-13,15,31H,14H2,1-3H3,(H2,27,28,32,33)/t25-/m0/s1. The zero-order chi connectivity index (χ0) is 24.0. The van der Waals surface area contributed by atoms with E-state index in [0.29, 0.717) is 16.7 Å². The molecule has 0 spiro atoms. The Morgan fingerprint density at radius 1 is 1.09 bits per heavy atom. The molecule has 1 aliphatic heterocycles. The fourth-order valence-electron chi connectivity index (χ4n) is 4.34. The molecule has 1 fully saturated rings. The third-order valence-corrected chi connectivity index (χ3v) is 6.26. The second-order valence-electron chi connectivity index (χ2n) is 8.73. The summed E-state index contributed by atoms with van der Waals surface area (Å²) in [7, 11) is 1.56. The minimum absolute atomic E-state index is 0.0119. The molecule has 4 aromatic rings. The molecule has 1 saturated heterocycles. The van der Waals surface area contributed by atoms with Gasteiger partial charge in [-0.25, -0.2) is 4.79 Å². The molecule has 5 rings (SSSR count). The molecule has 9 nitrogen and oxygen atoms in total. The lowest BCUT2D eigenvalue weighted by molar-refractivity contribution is -0.124. The average molecular weight is 460 g/mol. The summed E-state index contributed by atoms with van der Waals surface area (Å²) < 4.78 is 8.70. The first-order chi connectivity index (χ1) is 16.3. The molecule has 2 aromatic carbocycles. The molecule has 2 aromatic heterocycles. The van der Waals surface area contributed by atoms with Crippen molar-refractivity contribution in [1.29, 1.82) is 0 Å². The van der Waals surface area contributed by atoms with Crippen LogP contribution in [0.15, 0.2) is 61.1 Å². The van der Waals surface area contributed by atoms with Gasteiger partial charge in [-0.2, -0.15) is 5.10 Å². The number of urea groups is 1. The summed E-state index contributed by atoms with van der Waals surface area (Å²) in [5.41, 5.74) is 1.12. The minimum Gasteiger partial charge on any atom is -0.497 e. The van der Waals surface area contributed by atoms with Gasteiger partial charge in [0.1, 0.15) is 5.75 Å². The van der Waals surface area contributed by atoms with Crippen molar-refractivity contribution in [2.24, 2.45) is 0 Å². The molecule has 1 aliphatic rings. The van der Waals surface area contributed by atoms with Gasteiger partial charge in [-0.1, -0.05) is 24.3 Å². The van der Waals surface area contributed by atoms with Crippen molar-refractivity contribution >= 4 is 22.7 Å². The Morgan fingerprint density at radius 2 is 1.85 bits per heavy atom. The largest absolute Gasteiger partial charge is 0.497 e. The van der Waals surface area contributed by atoms with Crippen LogP contribution < -0.4 is 15.4 Å². The van der Waals surface area contributed by atoms with E-state index in [4.69, 9.17) is 4.74 Å². The maximum absolute atomic E-state index is 13.0. The Morgan fingerprint density at radius 3 is 2.47 bits per heavy atom. The predicted molar refractivity (Wildman–Crippen MR) is 127 cm³/mol. The molecule has 3 N–H and O–H groups in total. The van der Waals surface area contributed by atoms with Gasteiger partial charge in [0.15, 0.2) is 11.4 Å². The van der Waals surface area contributed by atoms with Crippen molar-refractivity contribution in [3.8, 4) is 22.8 Å². The summed E-state index contributed by atoms with van der Waals surface area (Å²) in [6, 6.07) is 12.5. The number of methoxy groups -OCH3 is 1. The number of rotatable bonds is 6. The van der Waals surface area contributed by atoms with Crippen molar-refractivity contribution in [3.05, 3.63) is 66.6 Å². The number of carbonyl (C=O) groups excluding carboxylic acids is 2. The van der Waals surface area contributed by atoms with Gasteiger partial charge < -0.3 is 19.7 Å². The maximum atomic E-state index is 13.0. The van der Waals surface area contributed by atoms with Crippen LogP contribution in [-0.2, 0) is 16.9 Å². The highest BCUT2D eigenvalue weighted by atomic mass is 16.5. The van der Waals surface area contributed by atoms with Crippen molar-refractivity contribution in [2.75, 3.05) is 7.11 Å². The van der Waals surface area contributed by atoms with E-state index in [1.807, 2.05) is 41.2 Å². The summed E-state index contributed by atoms with van der Waals surface area (Å²) in [5, 5.41) is 21.8. The van der Waals surface area contributed by atoms with Crippen molar-refractivity contribution in [3.63, 3.8) is 0 Å². The first-order valence-electron chi connectivity index (χ1n) is 11.0. The van der Waals surface area contributed by atoms with Crippen LogP contribution in [0.5, 0.6) is 11.6 Å². The molecule has 0 aliphatic carbocycles. The lowest BCUT2D eigenvalue weighted by Crippen LogP contribution is -2.47. The Hall–Kier alpha value is -4.27. The van der Waals surface area contributed by atoms with E-state index >= 15 is 0 Å². The number of hydrogen-bond donors (Lipinski definition) is 3. The number of benzene rings is 2. The number of aromatic hydroxyl groups is 1. The molecule has 0 saturated carbocycles. The molecular formula is C25H25N5O4. The summed E-state index contributed by atoms with van der Waals surface area (Å²) >= 11 is 0. The summed E-state index contributed by atoms with van der Waals surface area (Å²) in [6.07, 6.45) is 5.52. The van der Waals surface area contributed by atoms with Gasteiger partial charge in [0.05, 0.1) is 19.9 Å². The fraction of sp³-hybridized carbons (Fsp3) is 0.240. The highest BCUT2D eigenvalue weighted by molar-refractivity contribution is 6.07. The first kappa shape index (κ1) is 21.6.